The first-order chi connectivity index (χ1) is 12.9. The van der Waals surface area contributed by atoms with Crippen molar-refractivity contribution in [3.8, 4) is 6.07 Å². The van der Waals surface area contributed by atoms with Gasteiger partial charge in [0.2, 0.25) is 0 Å². The Morgan fingerprint density at radius 1 is 1.07 bits per heavy atom. The van der Waals surface area contributed by atoms with Crippen molar-refractivity contribution in [3.63, 3.8) is 0 Å². The molecule has 2 aliphatic carbocycles. The van der Waals surface area contributed by atoms with E-state index in [0.29, 0.717) is 11.1 Å². The lowest BCUT2D eigenvalue weighted by Gasteiger charge is -2.39. The zero-order valence-corrected chi connectivity index (χ0v) is 14.9. The number of benzene rings is 1. The summed E-state index contributed by atoms with van der Waals surface area (Å²) in [5.41, 5.74) is -1.27. The SMILES string of the molecule is COC(=O)C1=C(O)C(C(=O)OC)C2c3ccccc3C1C2(C#N)C(=O)OC. The van der Waals surface area contributed by atoms with Gasteiger partial charge in [-0.1, -0.05) is 24.3 Å². The molecule has 27 heavy (non-hydrogen) atoms. The van der Waals surface area contributed by atoms with Gasteiger partial charge in [-0.05, 0) is 11.1 Å². The molecule has 4 unspecified atom stereocenters. The van der Waals surface area contributed by atoms with Crippen LogP contribution in [0.15, 0.2) is 35.6 Å². The van der Waals surface area contributed by atoms with Crippen molar-refractivity contribution in [2.45, 2.75) is 11.8 Å². The molecule has 2 aliphatic rings. The number of carbonyl (C=O) groups excluding carboxylic acids is 3. The molecule has 0 radical (unpaired) electrons. The summed E-state index contributed by atoms with van der Waals surface area (Å²) >= 11 is 0. The number of fused-ring (bicyclic) bond motifs is 5. The Labute approximate surface area is 154 Å². The van der Waals surface area contributed by atoms with Gasteiger partial charge in [0.25, 0.3) is 0 Å². The van der Waals surface area contributed by atoms with Crippen LogP contribution in [0.1, 0.15) is 23.0 Å². The standard InChI is InChI=1S/C19H17NO7/c1-25-16(22)11-13-9-6-4-5-7-10(9)14(12(15(11)21)17(23)26-2)19(13,8-20)18(24)27-3/h4-7,11,13-14,21H,1-3H3. The van der Waals surface area contributed by atoms with Crippen molar-refractivity contribution < 1.29 is 33.7 Å². The third kappa shape index (κ3) is 2.18. The van der Waals surface area contributed by atoms with E-state index in [1.54, 1.807) is 24.3 Å². The first-order valence-electron chi connectivity index (χ1n) is 8.08. The lowest BCUT2D eigenvalue weighted by Crippen LogP contribution is -2.48. The number of esters is 3. The highest BCUT2D eigenvalue weighted by molar-refractivity contribution is 5.99. The minimum absolute atomic E-state index is 0.318. The second-order valence-corrected chi connectivity index (χ2v) is 6.30. The summed E-state index contributed by atoms with van der Waals surface area (Å²) < 4.78 is 14.4. The van der Waals surface area contributed by atoms with Gasteiger partial charge in [-0.3, -0.25) is 9.59 Å². The van der Waals surface area contributed by atoms with Gasteiger partial charge >= 0.3 is 17.9 Å². The molecule has 0 spiro atoms. The van der Waals surface area contributed by atoms with Gasteiger partial charge in [-0.2, -0.15) is 5.26 Å². The molecule has 0 fully saturated rings. The smallest absolute Gasteiger partial charge is 0.337 e. The van der Waals surface area contributed by atoms with E-state index < -0.39 is 46.8 Å². The summed E-state index contributed by atoms with van der Waals surface area (Å²) in [6.45, 7) is 0. The second-order valence-electron chi connectivity index (χ2n) is 6.30. The highest BCUT2D eigenvalue weighted by atomic mass is 16.5. The summed E-state index contributed by atoms with van der Waals surface area (Å²) in [5, 5.41) is 20.9. The number of rotatable bonds is 3. The predicted molar refractivity (Wildman–Crippen MR) is 89.2 cm³/mol. The molecular weight excluding hydrogens is 354 g/mol. The van der Waals surface area contributed by atoms with Crippen LogP contribution in [0, 0.1) is 22.7 Å². The molecule has 0 amide bonds. The van der Waals surface area contributed by atoms with Gasteiger partial charge < -0.3 is 19.3 Å². The van der Waals surface area contributed by atoms with Gasteiger partial charge in [0.1, 0.15) is 11.7 Å². The van der Waals surface area contributed by atoms with Crippen molar-refractivity contribution >= 4 is 17.9 Å². The van der Waals surface area contributed by atoms with E-state index in [4.69, 9.17) is 14.2 Å². The minimum Gasteiger partial charge on any atom is -0.511 e. The maximum absolute atomic E-state index is 12.8. The highest BCUT2D eigenvalue weighted by Gasteiger charge is 2.69. The van der Waals surface area contributed by atoms with Crippen LogP contribution in [0.25, 0.3) is 0 Å². The molecule has 0 heterocycles. The summed E-state index contributed by atoms with van der Waals surface area (Å²) in [5.74, 6) is -6.92. The molecule has 8 heteroatoms. The molecule has 2 bridgehead atoms. The van der Waals surface area contributed by atoms with Crippen molar-refractivity contribution in [3.05, 3.63) is 46.7 Å². The molecule has 0 saturated heterocycles. The van der Waals surface area contributed by atoms with Crippen molar-refractivity contribution in [1.29, 1.82) is 5.26 Å². The Bertz CT molecular complexity index is 913. The summed E-state index contributed by atoms with van der Waals surface area (Å²) in [6.07, 6.45) is 0. The van der Waals surface area contributed by atoms with E-state index in [9.17, 15) is 24.8 Å². The van der Waals surface area contributed by atoms with Crippen molar-refractivity contribution in [2.24, 2.45) is 11.3 Å². The molecule has 3 rings (SSSR count). The highest BCUT2D eigenvalue weighted by Crippen LogP contribution is 2.65. The maximum Gasteiger partial charge on any atom is 0.337 e. The first-order valence-corrected chi connectivity index (χ1v) is 8.08. The number of methoxy groups -OCH3 is 3. The predicted octanol–water partition coefficient (Wildman–Crippen LogP) is 1.34. The van der Waals surface area contributed by atoms with Crippen LogP contribution in [0.4, 0.5) is 0 Å². The fourth-order valence-corrected chi connectivity index (χ4v) is 4.33. The number of carbonyl (C=O) groups is 3. The number of aliphatic hydroxyl groups excluding tert-OH is 1. The largest absolute Gasteiger partial charge is 0.511 e. The molecule has 1 aromatic rings. The number of nitriles is 1. The van der Waals surface area contributed by atoms with Crippen LogP contribution in [0.3, 0.4) is 0 Å². The summed E-state index contributed by atoms with van der Waals surface area (Å²) in [7, 11) is 3.34. The number of nitrogens with zero attached hydrogens (tertiary/aromatic N) is 1. The molecular formula is C19H17NO7. The van der Waals surface area contributed by atoms with E-state index in [1.165, 1.54) is 0 Å². The lowest BCUT2D eigenvalue weighted by atomic mass is 9.60. The topological polar surface area (TPSA) is 123 Å². The number of hydrogen-bond acceptors (Lipinski definition) is 8. The van der Waals surface area contributed by atoms with Crippen molar-refractivity contribution in [2.75, 3.05) is 21.3 Å². The third-order valence-electron chi connectivity index (χ3n) is 5.35. The lowest BCUT2D eigenvalue weighted by molar-refractivity contribution is -0.156. The van der Waals surface area contributed by atoms with E-state index in [0.717, 1.165) is 21.3 Å². The molecule has 1 N–H and O–H groups in total. The van der Waals surface area contributed by atoms with E-state index in [1.807, 2.05) is 6.07 Å². The van der Waals surface area contributed by atoms with Crippen molar-refractivity contribution in [1.82, 2.24) is 0 Å². The zero-order chi connectivity index (χ0) is 19.9. The number of ether oxygens (including phenoxy) is 3. The first kappa shape index (κ1) is 18.5. The second kappa shape index (κ2) is 6.43. The third-order valence-corrected chi connectivity index (χ3v) is 5.35. The van der Waals surface area contributed by atoms with E-state index in [-0.39, 0.29) is 5.57 Å². The van der Waals surface area contributed by atoms with Crippen LogP contribution in [0.5, 0.6) is 0 Å². The minimum atomic E-state index is -1.92. The molecule has 0 saturated carbocycles. The van der Waals surface area contributed by atoms with Crippen LogP contribution >= 0.6 is 0 Å². The van der Waals surface area contributed by atoms with Gasteiger partial charge in [-0.25, -0.2) is 4.79 Å². The summed E-state index contributed by atoms with van der Waals surface area (Å²) in [6, 6.07) is 8.64. The van der Waals surface area contributed by atoms with E-state index >= 15 is 0 Å². The van der Waals surface area contributed by atoms with Gasteiger partial charge in [0, 0.05) is 11.8 Å². The fourth-order valence-electron chi connectivity index (χ4n) is 4.33. The number of aliphatic hydroxyl groups is 1. The van der Waals surface area contributed by atoms with Gasteiger partial charge in [-0.15, -0.1) is 0 Å². The number of hydrogen-bond donors (Lipinski definition) is 1. The van der Waals surface area contributed by atoms with Gasteiger partial charge in [0.15, 0.2) is 5.41 Å². The zero-order valence-electron chi connectivity index (χ0n) is 14.9. The Morgan fingerprint density at radius 2 is 1.70 bits per heavy atom. The fraction of sp³-hybridized carbons (Fsp3) is 0.368. The summed E-state index contributed by atoms with van der Waals surface area (Å²) in [4.78, 5) is 37.8. The Hall–Kier alpha value is -3.34. The average Bonchev–Trinajstić information content (AvgIpc) is 2.92. The van der Waals surface area contributed by atoms with Crippen LogP contribution in [0.2, 0.25) is 0 Å². The maximum atomic E-state index is 12.8. The van der Waals surface area contributed by atoms with Crippen LogP contribution in [-0.2, 0) is 28.6 Å². The Kier molecular flexibility index (Phi) is 4.39. The Balaban J connectivity index is 2.46. The monoisotopic (exact) mass is 371 g/mol. The van der Waals surface area contributed by atoms with E-state index in [2.05, 4.69) is 0 Å². The Morgan fingerprint density at radius 3 is 2.22 bits per heavy atom. The average molecular weight is 371 g/mol. The molecule has 0 aromatic heterocycles. The van der Waals surface area contributed by atoms with Crippen LogP contribution < -0.4 is 0 Å². The van der Waals surface area contributed by atoms with Crippen LogP contribution in [-0.4, -0.2) is 44.3 Å². The quantitative estimate of drug-likeness (QED) is 0.624. The molecule has 1 aromatic carbocycles. The molecule has 140 valence electrons. The molecule has 4 atom stereocenters. The molecule has 0 aliphatic heterocycles. The normalized spacial score (nSPS) is 28.0. The molecule has 8 nitrogen and oxygen atoms in total. The van der Waals surface area contributed by atoms with Gasteiger partial charge in [0.05, 0.1) is 33.0 Å².